The molecule has 0 aromatic heterocycles. The number of unbranched alkanes of at least 4 members (excludes halogenated alkanes) is 1. The lowest BCUT2D eigenvalue weighted by molar-refractivity contribution is 0.0113. The van der Waals surface area contributed by atoms with E-state index in [1.165, 1.54) is 0 Å². The van der Waals surface area contributed by atoms with Crippen LogP contribution in [0, 0.1) is 3.57 Å². The molecule has 0 unspecified atom stereocenters. The number of rotatable bonds is 14. The van der Waals surface area contributed by atoms with E-state index in [1.54, 1.807) is 0 Å². The fourth-order valence-corrected chi connectivity index (χ4v) is 3.84. The number of ether oxygens (including phenoxy) is 3. The van der Waals surface area contributed by atoms with E-state index in [-0.39, 0.29) is 31.1 Å². The number of benzene rings is 2. The summed E-state index contributed by atoms with van der Waals surface area (Å²) in [5, 5.41) is 19.6. The minimum atomic E-state index is -0.681. The van der Waals surface area contributed by atoms with Gasteiger partial charge in [-0.05, 0) is 64.4 Å². The largest absolute Gasteiger partial charge is 0.491 e. The third-order valence-electron chi connectivity index (χ3n) is 5.23. The average molecular weight is 577 g/mol. The smallest absolute Gasteiger partial charge is 0.132 e. The van der Waals surface area contributed by atoms with Gasteiger partial charge < -0.3 is 24.4 Å². The molecule has 5 nitrogen and oxygen atoms in total. The molecule has 32 heavy (non-hydrogen) atoms. The summed E-state index contributed by atoms with van der Waals surface area (Å²) >= 11 is 7.88. The summed E-state index contributed by atoms with van der Waals surface area (Å²) in [6.07, 6.45) is 0.748. The highest BCUT2D eigenvalue weighted by atomic mass is 127. The molecule has 0 radical (unpaired) electrons. The molecule has 0 amide bonds. The van der Waals surface area contributed by atoms with Gasteiger partial charge in [0.25, 0.3) is 0 Å². The maximum atomic E-state index is 9.99. The van der Waals surface area contributed by atoms with E-state index in [0.717, 1.165) is 33.3 Å². The quantitative estimate of drug-likeness (QED) is 0.185. The summed E-state index contributed by atoms with van der Waals surface area (Å²) in [6, 6.07) is 14.0. The standard InChI is InChI=1S/C25H34ClIO5/c1-4-5-12-30-15-21(29)17-31-22-9-6-18(7-10-22)25(2,3)19-8-11-24(23(27)13-19)32-16-20(28)14-26/h6-11,13,20-21,28-29H,4-5,12,14-17H2,1-3H3/t20-,21+/m0/s1. The Labute approximate surface area is 210 Å². The Morgan fingerprint density at radius 3 is 2.22 bits per heavy atom. The molecule has 0 aliphatic rings. The number of aliphatic hydroxyl groups is 2. The zero-order valence-electron chi connectivity index (χ0n) is 19.0. The van der Waals surface area contributed by atoms with Gasteiger partial charge in [-0.2, -0.15) is 0 Å². The van der Waals surface area contributed by atoms with Crippen molar-refractivity contribution in [3.8, 4) is 11.5 Å². The second-order valence-electron chi connectivity index (χ2n) is 8.31. The SMILES string of the molecule is CCCCOC[C@@H](O)COc1ccc(C(C)(C)c2ccc(OC[C@@H](O)CCl)c(I)c2)cc1. The fraction of sp³-hybridized carbons (Fsp3) is 0.520. The van der Waals surface area contributed by atoms with Crippen LogP contribution in [0.3, 0.4) is 0 Å². The third kappa shape index (κ3) is 8.37. The Morgan fingerprint density at radius 1 is 0.938 bits per heavy atom. The van der Waals surface area contributed by atoms with Crippen molar-refractivity contribution in [2.45, 2.75) is 51.2 Å². The van der Waals surface area contributed by atoms with E-state index in [4.69, 9.17) is 25.8 Å². The molecule has 2 N–H and O–H groups in total. The normalized spacial score (nSPS) is 13.6. The van der Waals surface area contributed by atoms with Crippen molar-refractivity contribution in [2.24, 2.45) is 0 Å². The van der Waals surface area contributed by atoms with Gasteiger partial charge in [0, 0.05) is 12.0 Å². The third-order valence-corrected chi connectivity index (χ3v) is 6.43. The number of hydrogen-bond acceptors (Lipinski definition) is 5. The van der Waals surface area contributed by atoms with Gasteiger partial charge in [0.05, 0.1) is 16.1 Å². The average Bonchev–Trinajstić information content (AvgIpc) is 2.79. The van der Waals surface area contributed by atoms with E-state index >= 15 is 0 Å². The lowest BCUT2D eigenvalue weighted by atomic mass is 9.78. The van der Waals surface area contributed by atoms with Gasteiger partial charge in [0.1, 0.15) is 36.9 Å². The van der Waals surface area contributed by atoms with Crippen molar-refractivity contribution < 1.29 is 24.4 Å². The van der Waals surface area contributed by atoms with E-state index in [9.17, 15) is 10.2 Å². The molecular formula is C25H34ClIO5. The van der Waals surface area contributed by atoms with E-state index in [2.05, 4.69) is 49.4 Å². The van der Waals surface area contributed by atoms with Crippen molar-refractivity contribution in [3.63, 3.8) is 0 Å². The zero-order chi connectivity index (χ0) is 23.6. The van der Waals surface area contributed by atoms with Crippen LogP contribution in [0.5, 0.6) is 11.5 Å². The fourth-order valence-electron chi connectivity index (χ4n) is 3.08. The van der Waals surface area contributed by atoms with E-state index in [0.29, 0.717) is 12.4 Å². The molecule has 2 atom stereocenters. The molecule has 7 heteroatoms. The molecule has 2 aromatic carbocycles. The second-order valence-corrected chi connectivity index (χ2v) is 9.78. The predicted molar refractivity (Wildman–Crippen MR) is 137 cm³/mol. The van der Waals surface area contributed by atoms with Crippen LogP contribution in [-0.4, -0.2) is 54.7 Å². The molecular weight excluding hydrogens is 543 g/mol. The van der Waals surface area contributed by atoms with Crippen LogP contribution in [-0.2, 0) is 10.2 Å². The summed E-state index contributed by atoms with van der Waals surface area (Å²) in [4.78, 5) is 0. The van der Waals surface area contributed by atoms with Gasteiger partial charge in [-0.3, -0.25) is 0 Å². The van der Waals surface area contributed by atoms with Crippen molar-refractivity contribution in [1.29, 1.82) is 0 Å². The van der Waals surface area contributed by atoms with E-state index < -0.39 is 12.2 Å². The van der Waals surface area contributed by atoms with Crippen molar-refractivity contribution >= 4 is 34.2 Å². The Kier molecular flexibility index (Phi) is 11.6. The van der Waals surface area contributed by atoms with Gasteiger partial charge in [-0.1, -0.05) is 45.4 Å². The number of hydrogen-bond donors (Lipinski definition) is 2. The van der Waals surface area contributed by atoms with Gasteiger partial charge in [0.15, 0.2) is 0 Å². The molecule has 0 bridgehead atoms. The summed E-state index contributed by atoms with van der Waals surface area (Å²) in [6.45, 7) is 7.77. The highest BCUT2D eigenvalue weighted by Gasteiger charge is 2.24. The molecule has 2 aromatic rings. The van der Waals surface area contributed by atoms with Gasteiger partial charge in [0.2, 0.25) is 0 Å². The van der Waals surface area contributed by atoms with Crippen LogP contribution in [0.4, 0.5) is 0 Å². The summed E-state index contributed by atoms with van der Waals surface area (Å²) in [7, 11) is 0. The van der Waals surface area contributed by atoms with Crippen LogP contribution in [0.25, 0.3) is 0 Å². The first kappa shape index (κ1) is 27.2. The molecule has 2 rings (SSSR count). The molecule has 178 valence electrons. The lowest BCUT2D eigenvalue weighted by Crippen LogP contribution is -2.24. The number of halogens is 2. The van der Waals surface area contributed by atoms with E-state index in [1.807, 2.05) is 36.4 Å². The lowest BCUT2D eigenvalue weighted by Gasteiger charge is -2.27. The van der Waals surface area contributed by atoms with Crippen LogP contribution in [0.15, 0.2) is 42.5 Å². The van der Waals surface area contributed by atoms with Gasteiger partial charge in [-0.15, -0.1) is 11.6 Å². The van der Waals surface area contributed by atoms with Crippen molar-refractivity contribution in [1.82, 2.24) is 0 Å². The van der Waals surface area contributed by atoms with Crippen molar-refractivity contribution in [3.05, 3.63) is 57.2 Å². The Morgan fingerprint density at radius 2 is 1.59 bits per heavy atom. The molecule has 0 saturated heterocycles. The molecule has 0 saturated carbocycles. The number of alkyl halides is 1. The van der Waals surface area contributed by atoms with Crippen LogP contribution in [0.1, 0.15) is 44.7 Å². The van der Waals surface area contributed by atoms with Crippen molar-refractivity contribution in [2.75, 3.05) is 32.3 Å². The summed E-state index contributed by atoms with van der Waals surface area (Å²) < 4.78 is 17.8. The molecule has 0 spiro atoms. The maximum Gasteiger partial charge on any atom is 0.132 e. The molecule has 0 heterocycles. The maximum absolute atomic E-state index is 9.99. The monoisotopic (exact) mass is 576 g/mol. The van der Waals surface area contributed by atoms with Crippen LogP contribution in [0.2, 0.25) is 0 Å². The second kappa shape index (κ2) is 13.6. The Hall–Kier alpha value is -1.06. The summed E-state index contributed by atoms with van der Waals surface area (Å²) in [5.74, 6) is 1.59. The highest BCUT2D eigenvalue weighted by Crippen LogP contribution is 2.35. The molecule has 0 aliphatic heterocycles. The van der Waals surface area contributed by atoms with Crippen LogP contribution < -0.4 is 9.47 Å². The first-order chi connectivity index (χ1) is 15.3. The first-order valence-corrected chi connectivity index (χ1v) is 12.5. The number of aliphatic hydroxyl groups excluding tert-OH is 2. The predicted octanol–water partition coefficient (Wildman–Crippen LogP) is 5.15. The minimum Gasteiger partial charge on any atom is -0.491 e. The van der Waals surface area contributed by atoms with Gasteiger partial charge in [-0.25, -0.2) is 0 Å². The molecule has 0 fully saturated rings. The summed E-state index contributed by atoms with van der Waals surface area (Å²) in [5.41, 5.74) is 2.08. The van der Waals surface area contributed by atoms with Gasteiger partial charge >= 0.3 is 0 Å². The topological polar surface area (TPSA) is 68.2 Å². The Balaban J connectivity index is 1.96. The molecule has 0 aliphatic carbocycles. The Bertz CT molecular complexity index is 812. The highest BCUT2D eigenvalue weighted by molar-refractivity contribution is 14.1. The van der Waals surface area contributed by atoms with Crippen LogP contribution >= 0.6 is 34.2 Å². The first-order valence-electron chi connectivity index (χ1n) is 10.9. The zero-order valence-corrected chi connectivity index (χ0v) is 21.9. The minimum absolute atomic E-state index is 0.146.